The third-order valence-corrected chi connectivity index (χ3v) is 3.33. The molecule has 1 unspecified atom stereocenters. The van der Waals surface area contributed by atoms with E-state index in [-0.39, 0.29) is 12.3 Å². The minimum atomic E-state index is -4.40. The summed E-state index contributed by atoms with van der Waals surface area (Å²) >= 11 is 0. The molecule has 0 heterocycles. The van der Waals surface area contributed by atoms with Crippen molar-refractivity contribution < 1.29 is 18.0 Å². The van der Waals surface area contributed by atoms with Gasteiger partial charge < -0.3 is 11.1 Å². The fourth-order valence-corrected chi connectivity index (χ4v) is 2.19. The maximum absolute atomic E-state index is 12.9. The highest BCUT2D eigenvalue weighted by molar-refractivity contribution is 5.76. The predicted molar refractivity (Wildman–Crippen MR) is 80.1 cm³/mol. The van der Waals surface area contributed by atoms with E-state index in [0.29, 0.717) is 18.5 Å². The molecule has 1 rings (SSSR count). The Morgan fingerprint density at radius 1 is 1.27 bits per heavy atom. The average Bonchev–Trinajstić information content (AvgIpc) is 2.40. The largest absolute Gasteiger partial charge is 0.416 e. The first-order chi connectivity index (χ1) is 10.1. The van der Waals surface area contributed by atoms with E-state index in [2.05, 4.69) is 5.32 Å². The number of halogens is 3. The van der Waals surface area contributed by atoms with Gasteiger partial charge in [-0.2, -0.15) is 13.2 Å². The van der Waals surface area contributed by atoms with Crippen molar-refractivity contribution in [3.8, 4) is 0 Å². The van der Waals surface area contributed by atoms with Gasteiger partial charge in [0, 0.05) is 6.42 Å². The SMILES string of the molecule is CC(C)(C)C(NC(=O)CCCN)c1cccc(C(F)(F)F)c1. The highest BCUT2D eigenvalue weighted by Crippen LogP contribution is 2.36. The number of benzene rings is 1. The summed E-state index contributed by atoms with van der Waals surface area (Å²) in [7, 11) is 0. The van der Waals surface area contributed by atoms with Crippen molar-refractivity contribution in [2.75, 3.05) is 6.54 Å². The minimum Gasteiger partial charge on any atom is -0.349 e. The molecule has 0 aliphatic heterocycles. The van der Waals surface area contributed by atoms with Crippen molar-refractivity contribution in [1.29, 1.82) is 0 Å². The van der Waals surface area contributed by atoms with Gasteiger partial charge in [-0.3, -0.25) is 4.79 Å². The molecule has 0 aliphatic carbocycles. The molecule has 0 aromatic heterocycles. The molecule has 22 heavy (non-hydrogen) atoms. The number of carbonyl (C=O) groups is 1. The van der Waals surface area contributed by atoms with Crippen LogP contribution in [0.2, 0.25) is 0 Å². The quantitative estimate of drug-likeness (QED) is 0.871. The molecule has 3 N–H and O–H groups in total. The zero-order valence-electron chi connectivity index (χ0n) is 13.1. The van der Waals surface area contributed by atoms with E-state index in [9.17, 15) is 18.0 Å². The molecule has 1 amide bonds. The first-order valence-corrected chi connectivity index (χ1v) is 7.22. The van der Waals surface area contributed by atoms with Gasteiger partial charge in [-0.1, -0.05) is 32.9 Å². The van der Waals surface area contributed by atoms with Gasteiger partial charge in [-0.15, -0.1) is 0 Å². The number of hydrogen-bond acceptors (Lipinski definition) is 2. The van der Waals surface area contributed by atoms with Gasteiger partial charge in [0.2, 0.25) is 5.91 Å². The molecule has 0 aliphatic rings. The smallest absolute Gasteiger partial charge is 0.349 e. The second-order valence-corrected chi connectivity index (χ2v) is 6.38. The average molecular weight is 316 g/mol. The van der Waals surface area contributed by atoms with Crippen LogP contribution in [0.25, 0.3) is 0 Å². The Balaban J connectivity index is 3.06. The van der Waals surface area contributed by atoms with E-state index in [1.165, 1.54) is 6.07 Å². The topological polar surface area (TPSA) is 55.1 Å². The molecule has 0 saturated carbocycles. The number of nitrogens with two attached hydrogens (primary N) is 1. The molecule has 0 bridgehead atoms. The zero-order valence-corrected chi connectivity index (χ0v) is 13.1. The van der Waals surface area contributed by atoms with Gasteiger partial charge in [-0.05, 0) is 36.1 Å². The van der Waals surface area contributed by atoms with Gasteiger partial charge in [0.1, 0.15) is 0 Å². The van der Waals surface area contributed by atoms with Crippen molar-refractivity contribution in [3.63, 3.8) is 0 Å². The van der Waals surface area contributed by atoms with Crippen LogP contribution in [-0.2, 0) is 11.0 Å². The number of rotatable bonds is 5. The second kappa shape index (κ2) is 7.13. The van der Waals surface area contributed by atoms with Crippen molar-refractivity contribution in [3.05, 3.63) is 35.4 Å². The van der Waals surface area contributed by atoms with Gasteiger partial charge >= 0.3 is 6.18 Å². The van der Waals surface area contributed by atoms with E-state index >= 15 is 0 Å². The van der Waals surface area contributed by atoms with Crippen LogP contribution in [0.15, 0.2) is 24.3 Å². The van der Waals surface area contributed by atoms with Crippen LogP contribution >= 0.6 is 0 Å². The van der Waals surface area contributed by atoms with Crippen LogP contribution < -0.4 is 11.1 Å². The molecule has 0 fully saturated rings. The maximum Gasteiger partial charge on any atom is 0.416 e. The van der Waals surface area contributed by atoms with E-state index in [1.807, 2.05) is 20.8 Å². The summed E-state index contributed by atoms with van der Waals surface area (Å²) in [5, 5.41) is 2.82. The lowest BCUT2D eigenvalue weighted by Crippen LogP contribution is -2.36. The summed E-state index contributed by atoms with van der Waals surface area (Å²) in [6.45, 7) is 6.03. The standard InChI is InChI=1S/C16H23F3N2O/c1-15(2,3)14(21-13(22)8-5-9-20)11-6-4-7-12(10-11)16(17,18)19/h4,6-7,10,14H,5,8-9,20H2,1-3H3,(H,21,22). The maximum atomic E-state index is 12.9. The Labute approximate surface area is 129 Å². The number of hydrogen-bond donors (Lipinski definition) is 2. The molecule has 6 heteroatoms. The Kier molecular flexibility index (Phi) is 6.00. The summed E-state index contributed by atoms with van der Waals surface area (Å²) in [4.78, 5) is 11.9. The predicted octanol–water partition coefficient (Wildman–Crippen LogP) is 3.65. The first kappa shape index (κ1) is 18.5. The molecule has 3 nitrogen and oxygen atoms in total. The normalized spacial score (nSPS) is 13.8. The molecule has 124 valence electrons. The Morgan fingerprint density at radius 3 is 2.41 bits per heavy atom. The fourth-order valence-electron chi connectivity index (χ4n) is 2.19. The number of alkyl halides is 3. The fraction of sp³-hybridized carbons (Fsp3) is 0.562. The minimum absolute atomic E-state index is 0.206. The second-order valence-electron chi connectivity index (χ2n) is 6.38. The lowest BCUT2D eigenvalue weighted by atomic mass is 9.81. The van der Waals surface area contributed by atoms with E-state index in [0.717, 1.165) is 12.1 Å². The summed E-state index contributed by atoms with van der Waals surface area (Å²) in [5.41, 5.74) is 4.69. The molecular weight excluding hydrogens is 293 g/mol. The monoisotopic (exact) mass is 316 g/mol. The summed E-state index contributed by atoms with van der Waals surface area (Å²) in [6.07, 6.45) is -3.59. The highest BCUT2D eigenvalue weighted by Gasteiger charge is 2.33. The molecule has 1 aromatic rings. The van der Waals surface area contributed by atoms with Gasteiger partial charge in [0.25, 0.3) is 0 Å². The molecule has 1 atom stereocenters. The summed E-state index contributed by atoms with van der Waals surface area (Å²) in [5.74, 6) is -0.206. The third kappa shape index (κ3) is 5.33. The van der Waals surface area contributed by atoms with Crippen LogP contribution in [0.3, 0.4) is 0 Å². The summed E-state index contributed by atoms with van der Waals surface area (Å²) in [6, 6.07) is 4.59. The molecular formula is C16H23F3N2O. The van der Waals surface area contributed by atoms with E-state index < -0.39 is 23.2 Å². The lowest BCUT2D eigenvalue weighted by molar-refractivity contribution is -0.137. The lowest BCUT2D eigenvalue weighted by Gasteiger charge is -2.32. The van der Waals surface area contributed by atoms with Crippen LogP contribution in [0, 0.1) is 5.41 Å². The van der Waals surface area contributed by atoms with Gasteiger partial charge in [0.05, 0.1) is 11.6 Å². The van der Waals surface area contributed by atoms with Crippen molar-refractivity contribution >= 4 is 5.91 Å². The number of nitrogens with one attached hydrogen (secondary N) is 1. The van der Waals surface area contributed by atoms with Crippen LogP contribution in [0.4, 0.5) is 13.2 Å². The van der Waals surface area contributed by atoms with Crippen molar-refractivity contribution in [1.82, 2.24) is 5.32 Å². The molecule has 0 saturated heterocycles. The number of carbonyl (C=O) groups excluding carboxylic acids is 1. The highest BCUT2D eigenvalue weighted by atomic mass is 19.4. The van der Waals surface area contributed by atoms with Crippen LogP contribution in [0.1, 0.15) is 50.8 Å². The Hall–Kier alpha value is -1.56. The van der Waals surface area contributed by atoms with Crippen molar-refractivity contribution in [2.45, 2.75) is 45.8 Å². The third-order valence-electron chi connectivity index (χ3n) is 3.33. The Morgan fingerprint density at radius 2 is 1.91 bits per heavy atom. The zero-order chi connectivity index (χ0) is 17.0. The number of amides is 1. The van der Waals surface area contributed by atoms with Gasteiger partial charge in [0.15, 0.2) is 0 Å². The van der Waals surface area contributed by atoms with Crippen LogP contribution in [0.5, 0.6) is 0 Å². The van der Waals surface area contributed by atoms with Gasteiger partial charge in [-0.25, -0.2) is 0 Å². The van der Waals surface area contributed by atoms with Crippen LogP contribution in [-0.4, -0.2) is 12.5 Å². The molecule has 0 radical (unpaired) electrons. The Bertz CT molecular complexity index is 507. The van der Waals surface area contributed by atoms with Crippen molar-refractivity contribution in [2.24, 2.45) is 11.1 Å². The van der Waals surface area contributed by atoms with E-state index in [1.54, 1.807) is 6.07 Å². The summed E-state index contributed by atoms with van der Waals surface area (Å²) < 4.78 is 38.6. The first-order valence-electron chi connectivity index (χ1n) is 7.22. The van der Waals surface area contributed by atoms with E-state index in [4.69, 9.17) is 5.73 Å². The molecule has 1 aromatic carbocycles. The molecule has 0 spiro atoms.